The molecule has 0 bridgehead atoms. The van der Waals surface area contributed by atoms with Crippen molar-refractivity contribution in [2.24, 2.45) is 11.8 Å². The molecule has 0 aromatic rings. The maximum Gasteiger partial charge on any atom is 0.309 e. The summed E-state index contributed by atoms with van der Waals surface area (Å²) in [5, 5.41) is 0. The molecule has 2 atom stereocenters. The second-order valence-electron chi connectivity index (χ2n) is 2.59. The van der Waals surface area contributed by atoms with E-state index >= 15 is 0 Å². The van der Waals surface area contributed by atoms with E-state index in [0.29, 0.717) is 12.5 Å². The molecule has 2 heteroatoms. The first-order valence-corrected chi connectivity index (χ1v) is 3.42. The summed E-state index contributed by atoms with van der Waals surface area (Å²) in [5.74, 6) is 0.578. The lowest BCUT2D eigenvalue weighted by molar-refractivity contribution is -0.140. The van der Waals surface area contributed by atoms with E-state index in [2.05, 4.69) is 6.92 Å². The summed E-state index contributed by atoms with van der Waals surface area (Å²) in [6, 6.07) is 0. The molecule has 1 heterocycles. The predicted molar refractivity (Wildman–Crippen MR) is 33.9 cm³/mol. The Morgan fingerprint density at radius 1 is 1.78 bits per heavy atom. The quantitative estimate of drug-likeness (QED) is 0.496. The van der Waals surface area contributed by atoms with Crippen molar-refractivity contribution in [1.82, 2.24) is 0 Å². The fourth-order valence-electron chi connectivity index (χ4n) is 1.13. The number of hydrogen-bond acceptors (Lipinski definition) is 2. The summed E-state index contributed by atoms with van der Waals surface area (Å²) in [7, 11) is 0. The minimum Gasteiger partial charge on any atom is -0.465 e. The van der Waals surface area contributed by atoms with E-state index in [9.17, 15) is 4.79 Å². The summed E-state index contributed by atoms with van der Waals surface area (Å²) in [5.41, 5.74) is 0. The van der Waals surface area contributed by atoms with E-state index in [0.717, 1.165) is 6.42 Å². The van der Waals surface area contributed by atoms with Crippen LogP contribution in [-0.2, 0) is 9.53 Å². The van der Waals surface area contributed by atoms with E-state index < -0.39 is 0 Å². The molecule has 1 unspecified atom stereocenters. The molecule has 0 N–H and O–H groups in total. The molecule has 0 radical (unpaired) electrons. The molecular formula is C7H12O2. The van der Waals surface area contributed by atoms with Crippen LogP contribution in [0.4, 0.5) is 0 Å². The fourth-order valence-corrected chi connectivity index (χ4v) is 1.13. The molecule has 0 amide bonds. The van der Waals surface area contributed by atoms with Gasteiger partial charge < -0.3 is 4.74 Å². The van der Waals surface area contributed by atoms with E-state index in [4.69, 9.17) is 4.74 Å². The zero-order valence-electron chi connectivity index (χ0n) is 5.89. The molecule has 1 rings (SSSR count). The third-order valence-corrected chi connectivity index (χ3v) is 2.04. The van der Waals surface area contributed by atoms with Crippen molar-refractivity contribution in [2.45, 2.75) is 20.3 Å². The van der Waals surface area contributed by atoms with Gasteiger partial charge in [-0.2, -0.15) is 0 Å². The smallest absolute Gasteiger partial charge is 0.309 e. The van der Waals surface area contributed by atoms with Crippen molar-refractivity contribution in [3.63, 3.8) is 0 Å². The lowest BCUT2D eigenvalue weighted by Crippen LogP contribution is -2.10. The van der Waals surface area contributed by atoms with Crippen LogP contribution < -0.4 is 0 Å². The summed E-state index contributed by atoms with van der Waals surface area (Å²) in [6.07, 6.45) is 1.05. The van der Waals surface area contributed by atoms with Gasteiger partial charge in [-0.15, -0.1) is 0 Å². The molecule has 0 saturated carbocycles. The molecule has 1 fully saturated rings. The summed E-state index contributed by atoms with van der Waals surface area (Å²) in [6.45, 7) is 4.66. The number of esters is 1. The molecule has 0 spiro atoms. The van der Waals surface area contributed by atoms with Gasteiger partial charge in [0.15, 0.2) is 0 Å². The minimum absolute atomic E-state index is 0.0261. The molecule has 9 heavy (non-hydrogen) atoms. The second kappa shape index (κ2) is 2.38. The number of carbonyl (C=O) groups is 1. The topological polar surface area (TPSA) is 26.3 Å². The minimum atomic E-state index is -0.0261. The van der Waals surface area contributed by atoms with Crippen molar-refractivity contribution < 1.29 is 9.53 Å². The zero-order chi connectivity index (χ0) is 6.85. The molecule has 52 valence electrons. The third kappa shape index (κ3) is 1.07. The van der Waals surface area contributed by atoms with Crippen molar-refractivity contribution in [3.05, 3.63) is 0 Å². The van der Waals surface area contributed by atoms with E-state index in [1.165, 1.54) is 0 Å². The Hall–Kier alpha value is -0.530. The number of carbonyl (C=O) groups excluding carboxylic acids is 1. The van der Waals surface area contributed by atoms with Gasteiger partial charge in [-0.25, -0.2) is 0 Å². The van der Waals surface area contributed by atoms with Crippen LogP contribution in [0.2, 0.25) is 0 Å². The van der Waals surface area contributed by atoms with Gasteiger partial charge >= 0.3 is 5.97 Å². The van der Waals surface area contributed by atoms with E-state index in [-0.39, 0.29) is 11.9 Å². The van der Waals surface area contributed by atoms with Gasteiger partial charge in [-0.3, -0.25) is 4.79 Å². The molecule has 1 saturated heterocycles. The Morgan fingerprint density at radius 3 is 2.67 bits per heavy atom. The standard InChI is InChI=1S/C7H12O2/c1-3-6-4-9-7(8)5(6)2/h5-6H,3-4H2,1-2H3/t5-,6?/m0/s1. The Morgan fingerprint density at radius 2 is 2.44 bits per heavy atom. The van der Waals surface area contributed by atoms with Crippen molar-refractivity contribution in [2.75, 3.05) is 6.61 Å². The van der Waals surface area contributed by atoms with Gasteiger partial charge in [0.1, 0.15) is 0 Å². The predicted octanol–water partition coefficient (Wildman–Crippen LogP) is 1.21. The SMILES string of the molecule is CCC1COC(=O)[C@H]1C. The highest BCUT2D eigenvalue weighted by Crippen LogP contribution is 2.23. The van der Waals surface area contributed by atoms with Crippen LogP contribution in [0.25, 0.3) is 0 Å². The van der Waals surface area contributed by atoms with Crippen molar-refractivity contribution >= 4 is 5.97 Å². The summed E-state index contributed by atoms with van der Waals surface area (Å²) < 4.78 is 4.83. The monoisotopic (exact) mass is 128 g/mol. The van der Waals surface area contributed by atoms with E-state index in [1.807, 2.05) is 6.92 Å². The first-order valence-electron chi connectivity index (χ1n) is 3.42. The van der Waals surface area contributed by atoms with Crippen molar-refractivity contribution in [1.29, 1.82) is 0 Å². The first-order chi connectivity index (χ1) is 4.25. The molecule has 2 nitrogen and oxygen atoms in total. The third-order valence-electron chi connectivity index (χ3n) is 2.04. The highest BCUT2D eigenvalue weighted by molar-refractivity contribution is 5.74. The molecule has 0 aliphatic carbocycles. The van der Waals surface area contributed by atoms with Crippen molar-refractivity contribution in [3.8, 4) is 0 Å². The highest BCUT2D eigenvalue weighted by atomic mass is 16.5. The number of cyclic esters (lactones) is 1. The lowest BCUT2D eigenvalue weighted by Gasteiger charge is -2.04. The van der Waals surface area contributed by atoms with Gasteiger partial charge in [0.05, 0.1) is 12.5 Å². The fraction of sp³-hybridized carbons (Fsp3) is 0.857. The largest absolute Gasteiger partial charge is 0.465 e. The molecular weight excluding hydrogens is 116 g/mol. The van der Waals surface area contributed by atoms with Crippen LogP contribution in [-0.4, -0.2) is 12.6 Å². The van der Waals surface area contributed by atoms with Crippen LogP contribution in [0.1, 0.15) is 20.3 Å². The zero-order valence-corrected chi connectivity index (χ0v) is 5.89. The normalized spacial score (nSPS) is 34.7. The molecule has 1 aliphatic heterocycles. The van der Waals surface area contributed by atoms with Gasteiger partial charge in [0, 0.05) is 5.92 Å². The Kier molecular flexibility index (Phi) is 1.74. The Balaban J connectivity index is 2.51. The Labute approximate surface area is 55.2 Å². The average molecular weight is 128 g/mol. The van der Waals surface area contributed by atoms with Gasteiger partial charge in [0.25, 0.3) is 0 Å². The van der Waals surface area contributed by atoms with Gasteiger partial charge in [-0.05, 0) is 6.42 Å². The van der Waals surface area contributed by atoms with Crippen LogP contribution in [0.3, 0.4) is 0 Å². The number of rotatable bonds is 1. The van der Waals surface area contributed by atoms with E-state index in [1.54, 1.807) is 0 Å². The van der Waals surface area contributed by atoms with Gasteiger partial charge in [-0.1, -0.05) is 13.8 Å². The number of hydrogen-bond donors (Lipinski definition) is 0. The molecule has 0 aromatic heterocycles. The summed E-state index contributed by atoms with van der Waals surface area (Å²) in [4.78, 5) is 10.7. The highest BCUT2D eigenvalue weighted by Gasteiger charge is 2.31. The molecule has 0 aromatic carbocycles. The first kappa shape index (κ1) is 6.59. The van der Waals surface area contributed by atoms with Crippen LogP contribution in [0.5, 0.6) is 0 Å². The second-order valence-corrected chi connectivity index (χ2v) is 2.59. The Bertz CT molecular complexity index is 120. The van der Waals surface area contributed by atoms with Crippen LogP contribution in [0, 0.1) is 11.8 Å². The summed E-state index contributed by atoms with van der Waals surface area (Å²) >= 11 is 0. The molecule has 1 aliphatic rings. The lowest BCUT2D eigenvalue weighted by atomic mass is 9.95. The maximum absolute atomic E-state index is 10.7. The van der Waals surface area contributed by atoms with Crippen LogP contribution in [0.15, 0.2) is 0 Å². The maximum atomic E-state index is 10.7. The average Bonchev–Trinajstić information content (AvgIpc) is 2.15. The van der Waals surface area contributed by atoms with Crippen LogP contribution >= 0.6 is 0 Å². The van der Waals surface area contributed by atoms with Gasteiger partial charge in [0.2, 0.25) is 0 Å². The number of ether oxygens (including phenoxy) is 1.